The zero-order chi connectivity index (χ0) is 22.7. The Morgan fingerprint density at radius 3 is 2.88 bits per heavy atom. The van der Waals surface area contributed by atoms with Crippen molar-refractivity contribution in [3.8, 4) is 11.5 Å². The van der Waals surface area contributed by atoms with Crippen LogP contribution in [0.2, 0.25) is 5.02 Å². The average Bonchev–Trinajstić information content (AvgIpc) is 3.27. The first kappa shape index (κ1) is 22.4. The highest BCUT2D eigenvalue weighted by molar-refractivity contribution is 8.14. The van der Waals surface area contributed by atoms with Gasteiger partial charge in [0.2, 0.25) is 11.8 Å². The van der Waals surface area contributed by atoms with Crippen molar-refractivity contribution < 1.29 is 19.1 Å². The molecule has 1 fully saturated rings. The van der Waals surface area contributed by atoms with Gasteiger partial charge in [-0.3, -0.25) is 19.9 Å². The smallest absolute Gasteiger partial charge is 0.241 e. The van der Waals surface area contributed by atoms with Gasteiger partial charge in [-0.1, -0.05) is 29.4 Å². The number of benzene rings is 2. The van der Waals surface area contributed by atoms with Crippen molar-refractivity contribution in [3.05, 3.63) is 47.5 Å². The second-order valence-electron chi connectivity index (χ2n) is 7.04. The van der Waals surface area contributed by atoms with E-state index in [0.29, 0.717) is 39.6 Å². The van der Waals surface area contributed by atoms with Gasteiger partial charge in [0.25, 0.3) is 0 Å². The normalized spacial score (nSPS) is 19.9. The number of carbonyl (C=O) groups excluding carboxylic acids is 2. The number of hydrogen-bond donors (Lipinski definition) is 3. The Morgan fingerprint density at radius 1 is 1.28 bits per heavy atom. The minimum atomic E-state index is -0.384. The summed E-state index contributed by atoms with van der Waals surface area (Å²) in [5.41, 5.74) is 7.11. The number of fused-ring (bicyclic) bond motifs is 1. The third-order valence-corrected chi connectivity index (χ3v) is 6.20. The molecule has 11 heteroatoms. The van der Waals surface area contributed by atoms with Gasteiger partial charge < -0.3 is 14.8 Å². The topological polar surface area (TPSA) is 104 Å². The van der Waals surface area contributed by atoms with Crippen LogP contribution in [0.15, 0.2) is 47.5 Å². The Kier molecular flexibility index (Phi) is 6.85. The predicted molar refractivity (Wildman–Crippen MR) is 125 cm³/mol. The summed E-state index contributed by atoms with van der Waals surface area (Å²) >= 11 is 7.32. The fourth-order valence-corrected chi connectivity index (χ4v) is 4.47. The number of amides is 2. The van der Waals surface area contributed by atoms with Gasteiger partial charge in [0.15, 0.2) is 5.17 Å². The number of amidine groups is 1. The lowest BCUT2D eigenvalue weighted by molar-refractivity contribution is -0.121. The fourth-order valence-electron chi connectivity index (χ4n) is 3.44. The Hall–Kier alpha value is -2.79. The quantitative estimate of drug-likeness (QED) is 0.589. The number of nitrogens with one attached hydrogen (secondary N) is 3. The van der Waals surface area contributed by atoms with Crippen molar-refractivity contribution in [2.45, 2.75) is 6.17 Å². The highest BCUT2D eigenvalue weighted by atomic mass is 35.5. The van der Waals surface area contributed by atoms with E-state index in [9.17, 15) is 9.59 Å². The van der Waals surface area contributed by atoms with E-state index >= 15 is 0 Å². The van der Waals surface area contributed by atoms with E-state index in [1.54, 1.807) is 49.6 Å². The molecule has 32 heavy (non-hydrogen) atoms. The molecule has 3 N–H and O–H groups in total. The SMILES string of the molecule is COc1ccc(NC(=O)CSC2=NC3NNCC3C(=O)N2c2cccc(Cl)c2)c(OC)c1. The average molecular weight is 476 g/mol. The number of hydrogen-bond acceptors (Lipinski definition) is 8. The van der Waals surface area contributed by atoms with Gasteiger partial charge in [0.1, 0.15) is 17.7 Å². The molecule has 0 aliphatic carbocycles. The second-order valence-corrected chi connectivity index (χ2v) is 8.42. The molecule has 0 saturated carbocycles. The van der Waals surface area contributed by atoms with Crippen LogP contribution in [0.3, 0.4) is 0 Å². The molecular weight excluding hydrogens is 454 g/mol. The van der Waals surface area contributed by atoms with Gasteiger partial charge >= 0.3 is 0 Å². The Bertz CT molecular complexity index is 1070. The van der Waals surface area contributed by atoms with E-state index in [0.717, 1.165) is 0 Å². The molecule has 2 atom stereocenters. The fraction of sp³-hybridized carbons (Fsp3) is 0.286. The van der Waals surface area contributed by atoms with Crippen molar-refractivity contribution in [2.24, 2.45) is 10.9 Å². The lowest BCUT2D eigenvalue weighted by Gasteiger charge is -2.32. The van der Waals surface area contributed by atoms with Crippen LogP contribution >= 0.6 is 23.4 Å². The monoisotopic (exact) mass is 475 g/mol. The summed E-state index contributed by atoms with van der Waals surface area (Å²) in [7, 11) is 3.07. The van der Waals surface area contributed by atoms with Crippen molar-refractivity contribution in [3.63, 3.8) is 0 Å². The van der Waals surface area contributed by atoms with Crippen molar-refractivity contribution in [1.29, 1.82) is 0 Å². The first-order valence-electron chi connectivity index (χ1n) is 9.80. The van der Waals surface area contributed by atoms with Gasteiger partial charge in [-0.05, 0) is 30.3 Å². The number of ether oxygens (including phenoxy) is 2. The molecule has 0 bridgehead atoms. The van der Waals surface area contributed by atoms with E-state index in [4.69, 9.17) is 21.1 Å². The molecule has 2 aromatic rings. The molecule has 2 heterocycles. The summed E-state index contributed by atoms with van der Waals surface area (Å²) in [4.78, 5) is 32.0. The molecule has 4 rings (SSSR count). The van der Waals surface area contributed by atoms with Crippen LogP contribution in [0.4, 0.5) is 11.4 Å². The van der Waals surface area contributed by atoms with Crippen LogP contribution in [0, 0.1) is 5.92 Å². The van der Waals surface area contributed by atoms with E-state index in [1.807, 2.05) is 0 Å². The first-order chi connectivity index (χ1) is 15.5. The van der Waals surface area contributed by atoms with Crippen LogP contribution < -0.4 is 30.5 Å². The zero-order valence-corrected chi connectivity index (χ0v) is 19.0. The lowest BCUT2D eigenvalue weighted by Crippen LogP contribution is -2.49. The number of halogens is 1. The first-order valence-corrected chi connectivity index (χ1v) is 11.2. The summed E-state index contributed by atoms with van der Waals surface area (Å²) in [6.07, 6.45) is -0.384. The van der Waals surface area contributed by atoms with E-state index in [-0.39, 0.29) is 29.7 Å². The maximum absolute atomic E-state index is 13.2. The molecule has 2 aliphatic rings. The van der Waals surface area contributed by atoms with Crippen LogP contribution in [-0.2, 0) is 9.59 Å². The van der Waals surface area contributed by atoms with E-state index < -0.39 is 0 Å². The molecule has 0 spiro atoms. The number of carbonyl (C=O) groups is 2. The van der Waals surface area contributed by atoms with Crippen LogP contribution in [0.5, 0.6) is 11.5 Å². The molecular formula is C21H22ClN5O4S. The molecule has 9 nitrogen and oxygen atoms in total. The summed E-state index contributed by atoms with van der Waals surface area (Å²) in [5, 5.41) is 3.76. The maximum atomic E-state index is 13.2. The van der Waals surface area contributed by atoms with Gasteiger partial charge in [0, 0.05) is 17.6 Å². The Labute approximate surface area is 194 Å². The van der Waals surface area contributed by atoms with Gasteiger partial charge in [-0.15, -0.1) is 0 Å². The van der Waals surface area contributed by atoms with E-state index in [2.05, 4.69) is 21.2 Å². The van der Waals surface area contributed by atoms with Gasteiger partial charge in [-0.2, -0.15) is 0 Å². The zero-order valence-electron chi connectivity index (χ0n) is 17.4. The molecule has 0 radical (unpaired) electrons. The van der Waals surface area contributed by atoms with Crippen molar-refractivity contribution in [1.82, 2.24) is 10.9 Å². The van der Waals surface area contributed by atoms with Crippen molar-refractivity contribution >= 4 is 51.7 Å². The van der Waals surface area contributed by atoms with Crippen LogP contribution in [0.1, 0.15) is 0 Å². The minimum Gasteiger partial charge on any atom is -0.497 e. The van der Waals surface area contributed by atoms with Gasteiger partial charge in [-0.25, -0.2) is 10.4 Å². The molecule has 2 aliphatic heterocycles. The molecule has 2 aromatic carbocycles. The van der Waals surface area contributed by atoms with Crippen LogP contribution in [-0.4, -0.2) is 49.7 Å². The van der Waals surface area contributed by atoms with E-state index in [1.165, 1.54) is 23.8 Å². The largest absolute Gasteiger partial charge is 0.497 e. The van der Waals surface area contributed by atoms with Gasteiger partial charge in [0.05, 0.1) is 37.3 Å². The molecule has 1 saturated heterocycles. The highest BCUT2D eigenvalue weighted by Crippen LogP contribution is 2.32. The number of thioether (sulfide) groups is 1. The number of nitrogens with zero attached hydrogens (tertiary/aromatic N) is 2. The highest BCUT2D eigenvalue weighted by Gasteiger charge is 2.42. The Balaban J connectivity index is 1.51. The van der Waals surface area contributed by atoms with Crippen molar-refractivity contribution in [2.75, 3.05) is 36.7 Å². The number of anilines is 2. The standard InChI is InChI=1S/C21H22ClN5O4S/c1-30-14-6-7-16(17(9-14)31-2)24-18(28)11-32-21-25-19-15(10-23-26-19)20(29)27(21)13-5-3-4-12(22)8-13/h3-9,15,19,23,26H,10-11H2,1-2H3,(H,24,28). The summed E-state index contributed by atoms with van der Waals surface area (Å²) in [6.45, 7) is 0.472. The molecule has 168 valence electrons. The van der Waals surface area contributed by atoms with Crippen LogP contribution in [0.25, 0.3) is 0 Å². The summed E-state index contributed by atoms with van der Waals surface area (Å²) in [5.74, 6) is 0.439. The number of hydrazine groups is 1. The lowest BCUT2D eigenvalue weighted by atomic mass is 10.0. The minimum absolute atomic E-state index is 0.0448. The third-order valence-electron chi connectivity index (χ3n) is 5.01. The summed E-state index contributed by atoms with van der Waals surface area (Å²) in [6, 6.07) is 12.1. The predicted octanol–water partition coefficient (Wildman–Crippen LogP) is 2.48. The molecule has 2 amide bonds. The Morgan fingerprint density at radius 2 is 2.12 bits per heavy atom. The number of methoxy groups -OCH3 is 2. The molecule has 0 aromatic heterocycles. The summed E-state index contributed by atoms with van der Waals surface area (Å²) < 4.78 is 10.5. The third kappa shape index (κ3) is 4.68. The number of aliphatic imine (C=N–C) groups is 1. The second kappa shape index (κ2) is 9.78. The maximum Gasteiger partial charge on any atom is 0.241 e. The molecule has 2 unspecified atom stereocenters. The number of rotatable bonds is 6.